The summed E-state index contributed by atoms with van der Waals surface area (Å²) >= 11 is 0. The summed E-state index contributed by atoms with van der Waals surface area (Å²) in [6.45, 7) is 4.82. The zero-order valence-electron chi connectivity index (χ0n) is 31.6. The van der Waals surface area contributed by atoms with Crippen molar-refractivity contribution in [1.82, 2.24) is 0 Å². The van der Waals surface area contributed by atoms with Gasteiger partial charge in [0.2, 0.25) is 0 Å². The lowest BCUT2D eigenvalue weighted by molar-refractivity contribution is 0.147. The highest BCUT2D eigenvalue weighted by molar-refractivity contribution is 5.14. The van der Waals surface area contributed by atoms with Crippen molar-refractivity contribution < 1.29 is 10.2 Å². The van der Waals surface area contributed by atoms with Crippen LogP contribution in [0.5, 0.6) is 0 Å². The van der Waals surface area contributed by atoms with Gasteiger partial charge in [-0.15, -0.1) is 0 Å². The summed E-state index contributed by atoms with van der Waals surface area (Å²) in [5.41, 5.74) is 1.30. The maximum Gasteiger partial charge on any atom is 0.0540 e. The molecule has 0 aliphatic heterocycles. The molecule has 1 aromatic rings. The lowest BCUT2D eigenvalue weighted by atomic mass is 10.0. The Morgan fingerprint density at radius 1 is 0.391 bits per heavy atom. The van der Waals surface area contributed by atoms with Crippen LogP contribution in [0.15, 0.2) is 30.3 Å². The average Bonchev–Trinajstić information content (AvgIpc) is 3.08. The fourth-order valence-electron chi connectivity index (χ4n) is 6.57. The van der Waals surface area contributed by atoms with Gasteiger partial charge in [0.15, 0.2) is 0 Å². The maximum atomic E-state index is 9.97. The fourth-order valence-corrected chi connectivity index (χ4v) is 6.57. The minimum Gasteiger partial charge on any atom is -0.396 e. The number of unbranched alkanes of at least 4 members (excludes halogenated alkanes) is 28. The summed E-state index contributed by atoms with van der Waals surface area (Å²) in [7, 11) is 0. The van der Waals surface area contributed by atoms with Crippen molar-refractivity contribution >= 4 is 0 Å². The molecule has 2 heteroatoms. The quantitative estimate of drug-likeness (QED) is 0.0722. The SMILES string of the molecule is CCCCCCCCCCCCCCCCCCCCCCCCCCCCCC(O)CCCCC.OCCCc1ccccc1. The Morgan fingerprint density at radius 2 is 0.674 bits per heavy atom. The number of hydrogen-bond acceptors (Lipinski definition) is 2. The van der Waals surface area contributed by atoms with E-state index in [1.807, 2.05) is 18.2 Å². The van der Waals surface area contributed by atoms with Gasteiger partial charge in [0.25, 0.3) is 0 Å². The van der Waals surface area contributed by atoms with Crippen molar-refractivity contribution in [3.05, 3.63) is 35.9 Å². The van der Waals surface area contributed by atoms with Crippen molar-refractivity contribution in [3.63, 3.8) is 0 Å². The standard InChI is InChI=1S/C35H72O.C9H12O/c1-3-5-7-8-9-10-11-12-13-14-15-16-17-18-19-20-21-22-23-24-25-26-27-28-29-30-32-34-35(36)33-31-6-4-2;10-8-4-7-9-5-2-1-3-6-9/h35-36H,3-34H2,1-2H3;1-3,5-6,10H,4,7-8H2. The molecule has 1 atom stereocenters. The minimum absolute atomic E-state index is 0.0317. The Balaban J connectivity index is 0.00000170. The fraction of sp³-hybridized carbons (Fsp3) is 0.864. The van der Waals surface area contributed by atoms with Gasteiger partial charge in [0, 0.05) is 6.61 Å². The molecule has 1 rings (SSSR count). The Hall–Kier alpha value is -0.860. The lowest BCUT2D eigenvalue weighted by Crippen LogP contribution is -2.05. The third kappa shape index (κ3) is 37.6. The van der Waals surface area contributed by atoms with Gasteiger partial charge in [0.1, 0.15) is 0 Å². The van der Waals surface area contributed by atoms with Crippen molar-refractivity contribution in [1.29, 1.82) is 0 Å². The van der Waals surface area contributed by atoms with E-state index >= 15 is 0 Å². The summed E-state index contributed by atoms with van der Waals surface area (Å²) in [4.78, 5) is 0. The van der Waals surface area contributed by atoms with E-state index in [-0.39, 0.29) is 12.7 Å². The largest absolute Gasteiger partial charge is 0.396 e. The van der Waals surface area contributed by atoms with Gasteiger partial charge >= 0.3 is 0 Å². The number of aliphatic hydroxyl groups excluding tert-OH is 2. The minimum atomic E-state index is -0.0317. The molecule has 0 radical (unpaired) electrons. The van der Waals surface area contributed by atoms with E-state index in [0.717, 1.165) is 25.7 Å². The average molecular weight is 645 g/mol. The second-order valence-electron chi connectivity index (χ2n) is 14.4. The van der Waals surface area contributed by atoms with Crippen LogP contribution in [0.1, 0.15) is 231 Å². The van der Waals surface area contributed by atoms with E-state index in [9.17, 15) is 5.11 Å². The Labute approximate surface area is 290 Å². The zero-order valence-corrected chi connectivity index (χ0v) is 31.6. The molecule has 0 spiro atoms. The first-order chi connectivity index (χ1) is 22.7. The van der Waals surface area contributed by atoms with E-state index < -0.39 is 0 Å². The molecular weight excluding hydrogens is 560 g/mol. The number of benzene rings is 1. The molecule has 0 saturated heterocycles. The molecule has 2 N–H and O–H groups in total. The van der Waals surface area contributed by atoms with Crippen molar-refractivity contribution in [3.8, 4) is 0 Å². The predicted octanol–water partition coefficient (Wildman–Crippen LogP) is 14.5. The van der Waals surface area contributed by atoms with Crippen LogP contribution in [-0.2, 0) is 6.42 Å². The third-order valence-electron chi connectivity index (χ3n) is 9.75. The van der Waals surface area contributed by atoms with Crippen LogP contribution < -0.4 is 0 Å². The summed E-state index contributed by atoms with van der Waals surface area (Å²) in [6, 6.07) is 10.2. The number of rotatable bonds is 35. The second kappa shape index (κ2) is 40.3. The Morgan fingerprint density at radius 3 is 1.00 bits per heavy atom. The van der Waals surface area contributed by atoms with E-state index in [1.54, 1.807) is 0 Å². The van der Waals surface area contributed by atoms with Crippen LogP contribution in [0.25, 0.3) is 0 Å². The van der Waals surface area contributed by atoms with Crippen LogP contribution in [-0.4, -0.2) is 22.9 Å². The van der Waals surface area contributed by atoms with Gasteiger partial charge in [-0.25, -0.2) is 0 Å². The molecule has 0 amide bonds. The highest BCUT2D eigenvalue weighted by Gasteiger charge is 2.03. The van der Waals surface area contributed by atoms with E-state index in [1.165, 1.54) is 198 Å². The molecule has 272 valence electrons. The highest BCUT2D eigenvalue weighted by atomic mass is 16.3. The van der Waals surface area contributed by atoms with E-state index in [4.69, 9.17) is 5.11 Å². The van der Waals surface area contributed by atoms with Gasteiger partial charge in [-0.2, -0.15) is 0 Å². The monoisotopic (exact) mass is 645 g/mol. The molecule has 1 unspecified atom stereocenters. The molecule has 0 bridgehead atoms. The highest BCUT2D eigenvalue weighted by Crippen LogP contribution is 2.17. The molecule has 0 aliphatic rings. The second-order valence-corrected chi connectivity index (χ2v) is 14.4. The number of aryl methyl sites for hydroxylation is 1. The molecule has 0 aliphatic carbocycles. The zero-order chi connectivity index (χ0) is 33.4. The summed E-state index contributed by atoms with van der Waals surface area (Å²) < 4.78 is 0. The molecule has 0 saturated carbocycles. The first kappa shape index (κ1) is 45.1. The Kier molecular flexibility index (Phi) is 39.6. The predicted molar refractivity (Wildman–Crippen MR) is 207 cm³/mol. The molecule has 0 fully saturated rings. The molecule has 2 nitrogen and oxygen atoms in total. The topological polar surface area (TPSA) is 40.5 Å². The number of hydrogen-bond donors (Lipinski definition) is 2. The van der Waals surface area contributed by atoms with Gasteiger partial charge in [-0.1, -0.05) is 237 Å². The summed E-state index contributed by atoms with van der Waals surface area (Å²) in [6.07, 6.45) is 46.7. The normalized spacial score (nSPS) is 11.8. The molecule has 46 heavy (non-hydrogen) atoms. The molecule has 0 heterocycles. The third-order valence-corrected chi connectivity index (χ3v) is 9.75. The molecule has 0 aromatic heterocycles. The summed E-state index contributed by atoms with van der Waals surface area (Å²) in [5, 5.41) is 18.5. The first-order valence-corrected chi connectivity index (χ1v) is 21.1. The maximum absolute atomic E-state index is 9.97. The van der Waals surface area contributed by atoms with Crippen molar-refractivity contribution in [2.24, 2.45) is 0 Å². The number of aliphatic hydroxyl groups is 2. The van der Waals surface area contributed by atoms with Gasteiger partial charge in [0.05, 0.1) is 6.10 Å². The molecule has 1 aromatic carbocycles. The van der Waals surface area contributed by atoms with Crippen LogP contribution in [0, 0.1) is 0 Å². The first-order valence-electron chi connectivity index (χ1n) is 21.1. The summed E-state index contributed by atoms with van der Waals surface area (Å²) in [5.74, 6) is 0. The van der Waals surface area contributed by atoms with Crippen LogP contribution in [0.2, 0.25) is 0 Å². The van der Waals surface area contributed by atoms with Gasteiger partial charge in [-0.05, 0) is 31.2 Å². The van der Waals surface area contributed by atoms with E-state index in [0.29, 0.717) is 0 Å². The smallest absolute Gasteiger partial charge is 0.0540 e. The van der Waals surface area contributed by atoms with Crippen LogP contribution in [0.3, 0.4) is 0 Å². The van der Waals surface area contributed by atoms with Crippen molar-refractivity contribution in [2.45, 2.75) is 238 Å². The van der Waals surface area contributed by atoms with Gasteiger partial charge in [-0.3, -0.25) is 0 Å². The van der Waals surface area contributed by atoms with Crippen LogP contribution in [0.4, 0.5) is 0 Å². The van der Waals surface area contributed by atoms with Crippen molar-refractivity contribution in [2.75, 3.05) is 6.61 Å². The molecular formula is C44H84O2. The lowest BCUT2D eigenvalue weighted by Gasteiger charge is -2.09. The van der Waals surface area contributed by atoms with Crippen LogP contribution >= 0.6 is 0 Å². The van der Waals surface area contributed by atoms with E-state index in [2.05, 4.69) is 26.0 Å². The van der Waals surface area contributed by atoms with Gasteiger partial charge < -0.3 is 10.2 Å². The Bertz CT molecular complexity index is 645.